The summed E-state index contributed by atoms with van der Waals surface area (Å²) in [5, 5.41) is 11.8. The Morgan fingerprint density at radius 1 is 1.25 bits per heavy atom. The zero-order chi connectivity index (χ0) is 15.3. The summed E-state index contributed by atoms with van der Waals surface area (Å²) in [6.45, 7) is 6.99. The highest BCUT2D eigenvalue weighted by atomic mass is 16.6. The van der Waals surface area contributed by atoms with Crippen LogP contribution < -0.4 is 5.32 Å². The molecule has 20 heavy (non-hydrogen) atoms. The topological polar surface area (TPSA) is 75.6 Å². The van der Waals surface area contributed by atoms with Gasteiger partial charge in [-0.25, -0.2) is 4.79 Å². The Kier molecular flexibility index (Phi) is 5.13. The van der Waals surface area contributed by atoms with Crippen molar-refractivity contribution < 1.29 is 19.4 Å². The molecule has 0 heterocycles. The molecule has 0 aromatic heterocycles. The molecular weight excluding hydrogens is 258 g/mol. The van der Waals surface area contributed by atoms with Gasteiger partial charge in [0.25, 0.3) is 0 Å². The second-order valence-electron chi connectivity index (χ2n) is 5.49. The van der Waals surface area contributed by atoms with E-state index in [4.69, 9.17) is 4.74 Å². The van der Waals surface area contributed by atoms with Crippen molar-refractivity contribution in [2.75, 3.05) is 0 Å². The number of nitrogens with one attached hydrogen (secondary N) is 1. The predicted octanol–water partition coefficient (Wildman–Crippen LogP) is 2.94. The molecule has 1 rings (SSSR count). The van der Waals surface area contributed by atoms with E-state index in [9.17, 15) is 14.7 Å². The van der Waals surface area contributed by atoms with Crippen LogP contribution in [0.1, 0.15) is 45.7 Å². The van der Waals surface area contributed by atoms with Crippen LogP contribution in [0.5, 0.6) is 5.75 Å². The zero-order valence-corrected chi connectivity index (χ0v) is 12.3. The summed E-state index contributed by atoms with van der Waals surface area (Å²) in [5.74, 6) is -0.0183. The van der Waals surface area contributed by atoms with Gasteiger partial charge < -0.3 is 15.2 Å². The van der Waals surface area contributed by atoms with Crippen LogP contribution in [0, 0.1) is 0 Å². The number of Topliss-reactive ketones (excluding diaryl/α,β-unsaturated/α-hetero) is 1. The minimum absolute atomic E-state index is 0.105. The van der Waals surface area contributed by atoms with Crippen LogP contribution in [-0.2, 0) is 9.53 Å². The van der Waals surface area contributed by atoms with Crippen LogP contribution in [0.25, 0.3) is 0 Å². The number of aromatic hydroxyl groups is 1. The highest BCUT2D eigenvalue weighted by Crippen LogP contribution is 2.19. The number of hydrogen-bond acceptors (Lipinski definition) is 4. The fourth-order valence-corrected chi connectivity index (χ4v) is 1.65. The van der Waals surface area contributed by atoms with Crippen molar-refractivity contribution in [3.63, 3.8) is 0 Å². The molecular formula is C15H21NO4. The van der Waals surface area contributed by atoms with Crippen molar-refractivity contribution >= 4 is 11.9 Å². The van der Waals surface area contributed by atoms with E-state index >= 15 is 0 Å². The summed E-state index contributed by atoms with van der Waals surface area (Å²) in [7, 11) is 0. The van der Waals surface area contributed by atoms with Crippen molar-refractivity contribution in [2.45, 2.75) is 45.8 Å². The summed E-state index contributed by atoms with van der Waals surface area (Å²) in [6.07, 6.45) is -0.348. The van der Waals surface area contributed by atoms with Crippen LogP contribution in [0.3, 0.4) is 0 Å². The largest absolute Gasteiger partial charge is 0.508 e. The summed E-state index contributed by atoms with van der Waals surface area (Å²) < 4.78 is 5.16. The molecule has 0 saturated carbocycles. The Bertz CT molecular complexity index is 474. The second-order valence-corrected chi connectivity index (χ2v) is 5.49. The van der Waals surface area contributed by atoms with Gasteiger partial charge in [0.05, 0.1) is 0 Å². The molecule has 1 amide bonds. The van der Waals surface area contributed by atoms with Gasteiger partial charge in [-0.15, -0.1) is 0 Å². The lowest BCUT2D eigenvalue weighted by Gasteiger charge is -2.23. The van der Waals surface area contributed by atoms with E-state index in [1.54, 1.807) is 39.8 Å². The number of ether oxygens (including phenoxy) is 1. The van der Waals surface area contributed by atoms with Gasteiger partial charge in [-0.1, -0.05) is 19.1 Å². The maximum absolute atomic E-state index is 12.0. The van der Waals surface area contributed by atoms with Gasteiger partial charge in [-0.05, 0) is 38.5 Å². The molecule has 0 radical (unpaired) electrons. The Morgan fingerprint density at radius 2 is 1.80 bits per heavy atom. The normalized spacial score (nSPS) is 12.6. The Balaban J connectivity index is 2.88. The molecule has 0 aliphatic carbocycles. The van der Waals surface area contributed by atoms with Crippen molar-refractivity contribution in [1.29, 1.82) is 0 Å². The maximum Gasteiger partial charge on any atom is 0.408 e. The number of phenolic OH excluding ortho intramolecular Hbond substituents is 1. The Labute approximate surface area is 118 Å². The van der Waals surface area contributed by atoms with E-state index < -0.39 is 17.7 Å². The number of alkyl carbamates (subject to hydrolysis) is 1. The number of ketones is 1. The third-order valence-electron chi connectivity index (χ3n) is 2.56. The standard InChI is InChI=1S/C15H21NO4/c1-5-12(18)13(10-6-8-11(17)9-7-10)16-14(19)20-15(2,3)4/h6-9,13,17H,5H2,1-4H3,(H,16,19). The molecule has 5 heteroatoms. The average molecular weight is 279 g/mol. The third-order valence-corrected chi connectivity index (χ3v) is 2.56. The van der Waals surface area contributed by atoms with Gasteiger partial charge in [0.2, 0.25) is 0 Å². The molecule has 5 nitrogen and oxygen atoms in total. The van der Waals surface area contributed by atoms with Crippen molar-refractivity contribution in [3.05, 3.63) is 29.8 Å². The average Bonchev–Trinajstić information content (AvgIpc) is 2.34. The summed E-state index contributed by atoms with van der Waals surface area (Å²) in [4.78, 5) is 23.8. The van der Waals surface area contributed by atoms with E-state index in [0.29, 0.717) is 12.0 Å². The van der Waals surface area contributed by atoms with Crippen LogP contribution in [0.15, 0.2) is 24.3 Å². The number of phenols is 1. The summed E-state index contributed by atoms with van der Waals surface area (Å²) >= 11 is 0. The monoisotopic (exact) mass is 279 g/mol. The number of carbonyl (C=O) groups excluding carboxylic acids is 2. The van der Waals surface area contributed by atoms with Crippen LogP contribution in [0.2, 0.25) is 0 Å². The zero-order valence-electron chi connectivity index (χ0n) is 12.3. The first-order chi connectivity index (χ1) is 9.23. The third kappa shape index (κ3) is 4.91. The molecule has 1 aromatic rings. The number of amides is 1. The van der Waals surface area contributed by atoms with Gasteiger partial charge >= 0.3 is 6.09 Å². The molecule has 0 aliphatic heterocycles. The van der Waals surface area contributed by atoms with Crippen LogP contribution in [-0.4, -0.2) is 22.6 Å². The van der Waals surface area contributed by atoms with Crippen molar-refractivity contribution in [3.8, 4) is 5.75 Å². The van der Waals surface area contributed by atoms with Gasteiger partial charge in [-0.2, -0.15) is 0 Å². The molecule has 0 bridgehead atoms. The van der Waals surface area contributed by atoms with E-state index in [0.717, 1.165) is 0 Å². The van der Waals surface area contributed by atoms with E-state index in [2.05, 4.69) is 5.32 Å². The fraction of sp³-hybridized carbons (Fsp3) is 0.467. The highest BCUT2D eigenvalue weighted by Gasteiger charge is 2.24. The van der Waals surface area contributed by atoms with E-state index in [-0.39, 0.29) is 11.5 Å². The summed E-state index contributed by atoms with van der Waals surface area (Å²) in [5.41, 5.74) is -0.0146. The quantitative estimate of drug-likeness (QED) is 0.888. The summed E-state index contributed by atoms with van der Waals surface area (Å²) in [6, 6.07) is 5.38. The van der Waals surface area contributed by atoms with E-state index in [1.165, 1.54) is 12.1 Å². The predicted molar refractivity (Wildman–Crippen MR) is 75.5 cm³/mol. The van der Waals surface area contributed by atoms with Gasteiger partial charge in [0.15, 0.2) is 5.78 Å². The van der Waals surface area contributed by atoms with Crippen molar-refractivity contribution in [2.24, 2.45) is 0 Å². The first-order valence-corrected chi connectivity index (χ1v) is 6.54. The molecule has 0 spiro atoms. The lowest BCUT2D eigenvalue weighted by molar-refractivity contribution is -0.121. The highest BCUT2D eigenvalue weighted by molar-refractivity contribution is 5.88. The SMILES string of the molecule is CCC(=O)C(NC(=O)OC(C)(C)C)c1ccc(O)cc1. The Morgan fingerprint density at radius 3 is 2.25 bits per heavy atom. The molecule has 1 atom stereocenters. The Hall–Kier alpha value is -2.04. The molecule has 1 unspecified atom stereocenters. The first kappa shape index (κ1) is 16.0. The number of rotatable bonds is 4. The minimum atomic E-state index is -0.768. The minimum Gasteiger partial charge on any atom is -0.508 e. The smallest absolute Gasteiger partial charge is 0.408 e. The molecule has 0 aliphatic rings. The molecule has 0 fully saturated rings. The van der Waals surface area contributed by atoms with Gasteiger partial charge in [-0.3, -0.25) is 4.79 Å². The number of carbonyl (C=O) groups is 2. The van der Waals surface area contributed by atoms with Gasteiger partial charge in [0.1, 0.15) is 17.4 Å². The molecule has 110 valence electrons. The lowest BCUT2D eigenvalue weighted by Crippen LogP contribution is -2.37. The fourth-order valence-electron chi connectivity index (χ4n) is 1.65. The van der Waals surface area contributed by atoms with Crippen LogP contribution >= 0.6 is 0 Å². The lowest BCUT2D eigenvalue weighted by atomic mass is 10.0. The molecule has 0 saturated heterocycles. The number of benzene rings is 1. The number of hydrogen-bond donors (Lipinski definition) is 2. The van der Waals surface area contributed by atoms with Crippen molar-refractivity contribution in [1.82, 2.24) is 5.32 Å². The molecule has 2 N–H and O–H groups in total. The van der Waals surface area contributed by atoms with Crippen LogP contribution in [0.4, 0.5) is 4.79 Å². The van der Waals surface area contributed by atoms with Gasteiger partial charge in [0, 0.05) is 6.42 Å². The molecule has 1 aromatic carbocycles. The maximum atomic E-state index is 12.0. The second kappa shape index (κ2) is 6.41. The first-order valence-electron chi connectivity index (χ1n) is 6.54. The van der Waals surface area contributed by atoms with E-state index in [1.807, 2.05) is 0 Å².